The second kappa shape index (κ2) is 5.88. The maximum atomic E-state index is 6.28. The van der Waals surface area contributed by atoms with Crippen LogP contribution >= 0.6 is 50.7 Å². The molecule has 0 aliphatic carbocycles. The molecule has 4 nitrogen and oxygen atoms in total. The van der Waals surface area contributed by atoms with E-state index in [1.807, 2.05) is 18.2 Å². The largest absolute Gasteiger partial charge is 0.383 e. The summed E-state index contributed by atoms with van der Waals surface area (Å²) in [4.78, 5) is 4.92. The number of nitrogen functional groups attached to an aromatic ring is 1. The number of halogens is 3. The highest BCUT2D eigenvalue weighted by molar-refractivity contribution is 9.10. The zero-order valence-electron chi connectivity index (χ0n) is 10.3. The van der Waals surface area contributed by atoms with E-state index in [2.05, 4.69) is 30.5 Å². The molecular formula is C13H7BrCl2N4S. The highest BCUT2D eigenvalue weighted by atomic mass is 79.9. The Hall–Kier alpha value is -1.21. The standard InChI is InChI=1S/C13H7BrCl2N4S/c14-6-4-8(13(17)18-5-6)11-12(21-20-19-11)7-2-1-3-9(15)10(7)16/h1-5H,(H2,17,18). The Bertz CT molecular complexity index is 805. The third-order valence-electron chi connectivity index (χ3n) is 2.82. The molecule has 0 unspecified atom stereocenters. The number of benzene rings is 1. The molecule has 0 spiro atoms. The first kappa shape index (κ1) is 14.7. The number of pyridine rings is 1. The van der Waals surface area contributed by atoms with Crippen LogP contribution in [0, 0.1) is 0 Å². The maximum Gasteiger partial charge on any atom is 0.133 e. The van der Waals surface area contributed by atoms with Gasteiger partial charge in [-0.3, -0.25) is 0 Å². The van der Waals surface area contributed by atoms with Crippen LogP contribution in [-0.2, 0) is 0 Å². The summed E-state index contributed by atoms with van der Waals surface area (Å²) >= 11 is 17.0. The molecule has 0 bridgehead atoms. The van der Waals surface area contributed by atoms with Gasteiger partial charge in [-0.05, 0) is 39.6 Å². The van der Waals surface area contributed by atoms with E-state index in [0.29, 0.717) is 27.1 Å². The van der Waals surface area contributed by atoms with Crippen molar-refractivity contribution >= 4 is 56.5 Å². The number of aromatic nitrogens is 3. The van der Waals surface area contributed by atoms with Crippen molar-refractivity contribution < 1.29 is 0 Å². The van der Waals surface area contributed by atoms with E-state index >= 15 is 0 Å². The lowest BCUT2D eigenvalue weighted by atomic mass is 10.1. The molecule has 3 rings (SSSR count). The summed E-state index contributed by atoms with van der Waals surface area (Å²) in [6.45, 7) is 0. The van der Waals surface area contributed by atoms with E-state index in [1.54, 1.807) is 12.3 Å². The van der Waals surface area contributed by atoms with Gasteiger partial charge >= 0.3 is 0 Å². The predicted octanol–water partition coefficient (Wildman–Crippen LogP) is 4.92. The van der Waals surface area contributed by atoms with E-state index in [1.165, 1.54) is 11.5 Å². The van der Waals surface area contributed by atoms with Crippen molar-refractivity contribution in [2.24, 2.45) is 0 Å². The highest BCUT2D eigenvalue weighted by Gasteiger charge is 2.18. The molecule has 0 amide bonds. The molecule has 2 aromatic heterocycles. The Morgan fingerprint density at radius 2 is 2.00 bits per heavy atom. The molecule has 2 heterocycles. The smallest absolute Gasteiger partial charge is 0.133 e. The zero-order chi connectivity index (χ0) is 15.0. The van der Waals surface area contributed by atoms with Crippen molar-refractivity contribution in [3.63, 3.8) is 0 Å². The Balaban J connectivity index is 2.22. The molecule has 21 heavy (non-hydrogen) atoms. The average Bonchev–Trinajstić information content (AvgIpc) is 2.93. The second-order valence-corrected chi connectivity index (χ2v) is 6.59. The molecule has 0 atom stereocenters. The van der Waals surface area contributed by atoms with Crippen molar-refractivity contribution in [3.8, 4) is 21.7 Å². The number of rotatable bonds is 2. The first-order valence-electron chi connectivity index (χ1n) is 5.76. The highest BCUT2D eigenvalue weighted by Crippen LogP contribution is 2.41. The average molecular weight is 402 g/mol. The van der Waals surface area contributed by atoms with Crippen molar-refractivity contribution in [3.05, 3.63) is 45.0 Å². The molecule has 3 aromatic rings. The van der Waals surface area contributed by atoms with Crippen LogP contribution < -0.4 is 5.73 Å². The van der Waals surface area contributed by atoms with Gasteiger partial charge in [0.2, 0.25) is 0 Å². The Kier molecular flexibility index (Phi) is 4.12. The van der Waals surface area contributed by atoms with Gasteiger partial charge in [-0.2, -0.15) is 0 Å². The number of hydrogen-bond donors (Lipinski definition) is 1. The summed E-state index contributed by atoms with van der Waals surface area (Å²) in [5, 5.41) is 5.11. The van der Waals surface area contributed by atoms with Gasteiger partial charge < -0.3 is 5.73 Å². The molecular weight excluding hydrogens is 395 g/mol. The van der Waals surface area contributed by atoms with Crippen LogP contribution in [0.4, 0.5) is 5.82 Å². The lowest BCUT2D eigenvalue weighted by Gasteiger charge is -2.07. The number of nitrogens with zero attached hydrogens (tertiary/aromatic N) is 3. The molecule has 0 aliphatic heterocycles. The van der Waals surface area contributed by atoms with Crippen LogP contribution in [0.2, 0.25) is 10.0 Å². The van der Waals surface area contributed by atoms with E-state index in [-0.39, 0.29) is 0 Å². The summed E-state index contributed by atoms with van der Waals surface area (Å²) in [5.74, 6) is 0.380. The van der Waals surface area contributed by atoms with Crippen molar-refractivity contribution in [1.82, 2.24) is 14.6 Å². The maximum absolute atomic E-state index is 6.28. The molecule has 1 aromatic carbocycles. The fourth-order valence-corrected chi connectivity index (χ4v) is 3.35. The van der Waals surface area contributed by atoms with Gasteiger partial charge in [0.1, 0.15) is 11.5 Å². The van der Waals surface area contributed by atoms with Crippen LogP contribution in [0.5, 0.6) is 0 Å². The normalized spacial score (nSPS) is 10.8. The summed E-state index contributed by atoms with van der Waals surface area (Å²) in [5.41, 5.74) is 8.05. The van der Waals surface area contributed by atoms with Gasteiger partial charge in [0.15, 0.2) is 0 Å². The molecule has 0 fully saturated rings. The van der Waals surface area contributed by atoms with Crippen LogP contribution in [0.3, 0.4) is 0 Å². The van der Waals surface area contributed by atoms with E-state index in [4.69, 9.17) is 28.9 Å². The van der Waals surface area contributed by atoms with E-state index < -0.39 is 0 Å². The summed E-state index contributed by atoms with van der Waals surface area (Å²) in [7, 11) is 0. The van der Waals surface area contributed by atoms with Crippen LogP contribution in [-0.4, -0.2) is 14.6 Å². The van der Waals surface area contributed by atoms with E-state index in [9.17, 15) is 0 Å². The third kappa shape index (κ3) is 2.76. The lowest BCUT2D eigenvalue weighted by Crippen LogP contribution is -1.95. The van der Waals surface area contributed by atoms with Gasteiger partial charge in [0.05, 0.1) is 14.9 Å². The van der Waals surface area contributed by atoms with E-state index in [0.717, 1.165) is 14.9 Å². The Morgan fingerprint density at radius 3 is 2.81 bits per heavy atom. The van der Waals surface area contributed by atoms with Gasteiger partial charge in [-0.15, -0.1) is 5.10 Å². The zero-order valence-corrected chi connectivity index (χ0v) is 14.3. The summed E-state index contributed by atoms with van der Waals surface area (Å²) < 4.78 is 4.82. The Labute approximate surface area is 143 Å². The van der Waals surface area contributed by atoms with Gasteiger partial charge in [0, 0.05) is 21.8 Å². The Morgan fingerprint density at radius 1 is 1.19 bits per heavy atom. The first-order chi connectivity index (χ1) is 10.1. The summed E-state index contributed by atoms with van der Waals surface area (Å²) in [6.07, 6.45) is 1.63. The number of hydrogen-bond acceptors (Lipinski definition) is 5. The minimum atomic E-state index is 0.380. The monoisotopic (exact) mass is 400 g/mol. The van der Waals surface area contributed by atoms with Gasteiger partial charge in [-0.1, -0.05) is 39.8 Å². The molecule has 2 N–H and O–H groups in total. The molecule has 0 saturated heterocycles. The van der Waals surface area contributed by atoms with Crippen LogP contribution in [0.15, 0.2) is 34.9 Å². The quantitative estimate of drug-likeness (QED) is 0.661. The van der Waals surface area contributed by atoms with Gasteiger partial charge in [0.25, 0.3) is 0 Å². The fraction of sp³-hybridized carbons (Fsp3) is 0. The molecule has 0 aliphatic rings. The molecule has 106 valence electrons. The summed E-state index contributed by atoms with van der Waals surface area (Å²) in [6, 6.07) is 7.28. The van der Waals surface area contributed by atoms with Crippen LogP contribution in [0.25, 0.3) is 21.7 Å². The first-order valence-corrected chi connectivity index (χ1v) is 8.08. The molecule has 0 radical (unpaired) electrons. The van der Waals surface area contributed by atoms with Crippen molar-refractivity contribution in [2.75, 3.05) is 5.73 Å². The molecule has 8 heteroatoms. The minimum absolute atomic E-state index is 0.380. The second-order valence-electron chi connectivity index (χ2n) is 4.14. The molecule has 0 saturated carbocycles. The van der Waals surface area contributed by atoms with Crippen LogP contribution in [0.1, 0.15) is 0 Å². The van der Waals surface area contributed by atoms with Crippen molar-refractivity contribution in [1.29, 1.82) is 0 Å². The lowest BCUT2D eigenvalue weighted by molar-refractivity contribution is 1.16. The minimum Gasteiger partial charge on any atom is -0.383 e. The van der Waals surface area contributed by atoms with Crippen molar-refractivity contribution in [2.45, 2.75) is 0 Å². The fourth-order valence-electron chi connectivity index (χ4n) is 1.86. The number of nitrogens with two attached hydrogens (primary N) is 1. The predicted molar refractivity (Wildman–Crippen MR) is 90.7 cm³/mol. The topological polar surface area (TPSA) is 64.7 Å². The third-order valence-corrected chi connectivity index (χ3v) is 4.84. The van der Waals surface area contributed by atoms with Gasteiger partial charge in [-0.25, -0.2) is 4.98 Å². The number of anilines is 1. The SMILES string of the molecule is Nc1ncc(Br)cc1-c1nnsc1-c1cccc(Cl)c1Cl.